The van der Waals surface area contributed by atoms with E-state index in [1.807, 2.05) is 19.2 Å². The summed E-state index contributed by atoms with van der Waals surface area (Å²) in [6, 6.07) is 2.32. The monoisotopic (exact) mass is 335 g/mol. The van der Waals surface area contributed by atoms with Crippen LogP contribution in [0.3, 0.4) is 0 Å². The van der Waals surface area contributed by atoms with E-state index >= 15 is 0 Å². The van der Waals surface area contributed by atoms with Crippen LogP contribution < -0.4 is 4.90 Å². The van der Waals surface area contributed by atoms with Crippen LogP contribution in [0.1, 0.15) is 25.8 Å². The van der Waals surface area contributed by atoms with Crippen molar-refractivity contribution in [3.05, 3.63) is 29.2 Å². The summed E-state index contributed by atoms with van der Waals surface area (Å²) in [6.07, 6.45) is 5.30. The zero-order valence-corrected chi connectivity index (χ0v) is 14.2. The maximum absolute atomic E-state index is 9.57. The number of hydrogen-bond acceptors (Lipinski definition) is 5. The maximum Gasteiger partial charge on any atom is 0.138 e. The summed E-state index contributed by atoms with van der Waals surface area (Å²) < 4.78 is 0. The highest BCUT2D eigenvalue weighted by Gasteiger charge is 2.28. The fourth-order valence-electron chi connectivity index (χ4n) is 2.97. The van der Waals surface area contributed by atoms with E-state index in [2.05, 4.69) is 21.8 Å². The first-order valence-corrected chi connectivity index (χ1v) is 8.27. The van der Waals surface area contributed by atoms with Crippen molar-refractivity contribution in [1.29, 1.82) is 0 Å². The first-order chi connectivity index (χ1) is 11.0. The number of hydrogen-bond donors (Lipinski definition) is 2. The molecule has 1 unspecified atom stereocenters. The summed E-state index contributed by atoms with van der Waals surface area (Å²) in [7, 11) is 0. The molecule has 6 heteroatoms. The summed E-state index contributed by atoms with van der Waals surface area (Å²) in [5, 5.41) is 21.5. The van der Waals surface area contributed by atoms with Gasteiger partial charge in [-0.3, -0.25) is 0 Å². The Bertz CT molecular complexity index is 718. The second-order valence-corrected chi connectivity index (χ2v) is 7.18. The predicted molar refractivity (Wildman–Crippen MR) is 92.0 cm³/mol. The van der Waals surface area contributed by atoms with Crippen LogP contribution >= 0.6 is 11.6 Å². The number of aliphatic hydroxyl groups is 2. The minimum atomic E-state index is -0.587. The minimum Gasteiger partial charge on any atom is -0.396 e. The molecule has 2 aromatic heterocycles. The Balaban J connectivity index is 2.09. The summed E-state index contributed by atoms with van der Waals surface area (Å²) >= 11 is 6.09. The van der Waals surface area contributed by atoms with Gasteiger partial charge < -0.3 is 15.1 Å². The highest BCUT2D eigenvalue weighted by Crippen LogP contribution is 2.35. The number of halogens is 1. The van der Waals surface area contributed by atoms with Crippen molar-refractivity contribution in [2.24, 2.45) is 5.41 Å². The van der Waals surface area contributed by atoms with E-state index in [-0.39, 0.29) is 13.2 Å². The Morgan fingerprint density at radius 1 is 1.26 bits per heavy atom. The zero-order chi connectivity index (χ0) is 16.6. The van der Waals surface area contributed by atoms with E-state index in [1.54, 1.807) is 6.20 Å². The molecule has 0 radical (unpaired) electrons. The van der Waals surface area contributed by atoms with Crippen LogP contribution in [-0.2, 0) is 6.42 Å². The van der Waals surface area contributed by atoms with Gasteiger partial charge in [0.05, 0.1) is 13.2 Å². The van der Waals surface area contributed by atoms with Crippen molar-refractivity contribution in [2.45, 2.75) is 32.7 Å². The summed E-state index contributed by atoms with van der Waals surface area (Å²) in [4.78, 5) is 11.1. The molecule has 3 rings (SSSR count). The molecule has 0 aromatic carbocycles. The van der Waals surface area contributed by atoms with Crippen LogP contribution in [0.25, 0.3) is 10.8 Å². The molecule has 124 valence electrons. The third kappa shape index (κ3) is 3.01. The molecule has 1 saturated heterocycles. The van der Waals surface area contributed by atoms with Crippen molar-refractivity contribution in [1.82, 2.24) is 9.97 Å². The third-order valence-electron chi connectivity index (χ3n) is 4.77. The lowest BCUT2D eigenvalue weighted by Crippen LogP contribution is -2.46. The number of aliphatic hydroxyl groups excluding tert-OH is 2. The Morgan fingerprint density at radius 3 is 2.57 bits per heavy atom. The molecule has 0 aliphatic carbocycles. The number of pyridine rings is 2. The SMILES string of the molecule is CC1CCN1c1ncc(CC(C)(CO)CO)c2cc(Cl)ncc12. The van der Waals surface area contributed by atoms with Gasteiger partial charge in [0, 0.05) is 35.8 Å². The topological polar surface area (TPSA) is 69.5 Å². The lowest BCUT2D eigenvalue weighted by atomic mass is 9.84. The molecule has 1 atom stereocenters. The number of fused-ring (bicyclic) bond motifs is 1. The smallest absolute Gasteiger partial charge is 0.138 e. The fourth-order valence-corrected chi connectivity index (χ4v) is 3.13. The molecule has 0 amide bonds. The van der Waals surface area contributed by atoms with Crippen molar-refractivity contribution < 1.29 is 10.2 Å². The fraction of sp³-hybridized carbons (Fsp3) is 0.529. The third-order valence-corrected chi connectivity index (χ3v) is 4.98. The van der Waals surface area contributed by atoms with Crippen LogP contribution in [0.2, 0.25) is 5.15 Å². The first kappa shape index (κ1) is 16.4. The Kier molecular flexibility index (Phi) is 4.45. The number of anilines is 1. The van der Waals surface area contributed by atoms with E-state index < -0.39 is 5.41 Å². The van der Waals surface area contributed by atoms with Gasteiger partial charge in [-0.1, -0.05) is 18.5 Å². The number of rotatable bonds is 5. The minimum absolute atomic E-state index is 0.0886. The van der Waals surface area contributed by atoms with Gasteiger partial charge in [0.15, 0.2) is 0 Å². The molecule has 2 aromatic rings. The molecule has 3 heterocycles. The molecular weight excluding hydrogens is 314 g/mol. The molecule has 5 nitrogen and oxygen atoms in total. The number of nitrogens with zero attached hydrogens (tertiary/aromatic N) is 3. The maximum atomic E-state index is 9.57. The summed E-state index contributed by atoms with van der Waals surface area (Å²) in [6.45, 7) is 4.86. The van der Waals surface area contributed by atoms with E-state index in [0.717, 1.165) is 28.7 Å². The zero-order valence-electron chi connectivity index (χ0n) is 13.5. The van der Waals surface area contributed by atoms with Gasteiger partial charge in [-0.25, -0.2) is 9.97 Å². The molecule has 0 saturated carbocycles. The summed E-state index contributed by atoms with van der Waals surface area (Å²) in [5.74, 6) is 0.932. The van der Waals surface area contributed by atoms with Gasteiger partial charge in [0.1, 0.15) is 11.0 Å². The normalized spacial score (nSPS) is 18.3. The lowest BCUT2D eigenvalue weighted by molar-refractivity contribution is 0.0706. The Labute approximate surface area is 140 Å². The molecule has 1 aliphatic rings. The van der Waals surface area contributed by atoms with Crippen LogP contribution in [0.5, 0.6) is 0 Å². The first-order valence-electron chi connectivity index (χ1n) is 7.89. The Morgan fingerprint density at radius 2 is 2.00 bits per heavy atom. The van der Waals surface area contributed by atoms with Crippen LogP contribution in [-0.4, -0.2) is 46.0 Å². The van der Waals surface area contributed by atoms with E-state index in [0.29, 0.717) is 17.6 Å². The standard InChI is InChI=1S/C17H22ClN3O2/c1-11-3-4-21(11)16-14-8-19-15(18)5-13(14)12(7-20-16)6-17(2,9-22)10-23/h5,7-8,11,22-23H,3-4,6,9-10H2,1-2H3. The molecule has 23 heavy (non-hydrogen) atoms. The van der Waals surface area contributed by atoms with Crippen molar-refractivity contribution >= 4 is 28.2 Å². The van der Waals surface area contributed by atoms with Gasteiger partial charge in [0.2, 0.25) is 0 Å². The van der Waals surface area contributed by atoms with Gasteiger partial charge in [0.25, 0.3) is 0 Å². The molecule has 2 N–H and O–H groups in total. The van der Waals surface area contributed by atoms with E-state index in [4.69, 9.17) is 11.6 Å². The Hall–Kier alpha value is -1.43. The molecule has 1 fully saturated rings. The molecule has 0 bridgehead atoms. The number of aromatic nitrogens is 2. The van der Waals surface area contributed by atoms with Gasteiger partial charge >= 0.3 is 0 Å². The second-order valence-electron chi connectivity index (χ2n) is 6.79. The van der Waals surface area contributed by atoms with Gasteiger partial charge in [-0.2, -0.15) is 0 Å². The quantitative estimate of drug-likeness (QED) is 0.821. The summed E-state index contributed by atoms with van der Waals surface area (Å²) in [5.41, 5.74) is 0.377. The van der Waals surface area contributed by atoms with Crippen molar-refractivity contribution in [3.8, 4) is 0 Å². The second kappa shape index (κ2) is 6.23. The molecular formula is C17H22ClN3O2. The van der Waals surface area contributed by atoms with E-state index in [9.17, 15) is 10.2 Å². The van der Waals surface area contributed by atoms with E-state index in [1.165, 1.54) is 6.42 Å². The van der Waals surface area contributed by atoms with Gasteiger partial charge in [-0.05, 0) is 36.8 Å². The highest BCUT2D eigenvalue weighted by atomic mass is 35.5. The van der Waals surface area contributed by atoms with Crippen LogP contribution in [0.15, 0.2) is 18.5 Å². The average Bonchev–Trinajstić information content (AvgIpc) is 2.55. The van der Waals surface area contributed by atoms with Gasteiger partial charge in [-0.15, -0.1) is 0 Å². The van der Waals surface area contributed by atoms with Crippen LogP contribution in [0.4, 0.5) is 5.82 Å². The largest absolute Gasteiger partial charge is 0.396 e. The average molecular weight is 336 g/mol. The molecule has 1 aliphatic heterocycles. The molecule has 0 spiro atoms. The highest BCUT2D eigenvalue weighted by molar-refractivity contribution is 6.30. The lowest BCUT2D eigenvalue weighted by Gasteiger charge is -2.40. The van der Waals surface area contributed by atoms with Crippen molar-refractivity contribution in [2.75, 3.05) is 24.7 Å². The van der Waals surface area contributed by atoms with Crippen molar-refractivity contribution in [3.63, 3.8) is 0 Å². The van der Waals surface area contributed by atoms with Crippen LogP contribution in [0, 0.1) is 5.41 Å². The predicted octanol–water partition coefficient (Wildman–Crippen LogP) is 2.42.